The molecule has 1 aromatic carbocycles. The maximum Gasteiger partial charge on any atom is 0.318 e. The van der Waals surface area contributed by atoms with E-state index in [0.717, 1.165) is 44.2 Å². The number of H-pyrrole nitrogens is 1. The SMILES string of the molecule is O=C(N[C@H]1CCc2ccccc21)N1CCCC[C@@H]1c1cn[nH]c1. The number of carbonyl (C=O) groups excluding carboxylic acids is 1. The van der Waals surface area contributed by atoms with Gasteiger partial charge >= 0.3 is 6.03 Å². The van der Waals surface area contributed by atoms with Crippen molar-refractivity contribution in [2.75, 3.05) is 6.54 Å². The molecule has 5 nitrogen and oxygen atoms in total. The third-order valence-electron chi connectivity index (χ3n) is 5.10. The molecule has 2 heterocycles. The van der Waals surface area contributed by atoms with Crippen molar-refractivity contribution >= 4 is 6.03 Å². The molecule has 5 heteroatoms. The number of piperidine rings is 1. The molecule has 2 aromatic rings. The van der Waals surface area contributed by atoms with Gasteiger partial charge in [0, 0.05) is 18.3 Å². The van der Waals surface area contributed by atoms with Crippen LogP contribution in [-0.4, -0.2) is 27.7 Å². The lowest BCUT2D eigenvalue weighted by Crippen LogP contribution is -2.45. The fraction of sp³-hybridized carbons (Fsp3) is 0.444. The summed E-state index contributed by atoms with van der Waals surface area (Å²) < 4.78 is 0. The van der Waals surface area contributed by atoms with E-state index in [1.54, 1.807) is 0 Å². The molecule has 2 N–H and O–H groups in total. The fourth-order valence-corrected chi connectivity index (χ4v) is 3.90. The summed E-state index contributed by atoms with van der Waals surface area (Å²) in [6.45, 7) is 0.816. The number of urea groups is 1. The van der Waals surface area contributed by atoms with Gasteiger partial charge in [0.25, 0.3) is 0 Å². The first-order chi connectivity index (χ1) is 11.3. The number of benzene rings is 1. The summed E-state index contributed by atoms with van der Waals surface area (Å²) in [5, 5.41) is 10.2. The molecule has 1 saturated heterocycles. The van der Waals surface area contributed by atoms with E-state index in [-0.39, 0.29) is 18.1 Å². The van der Waals surface area contributed by atoms with Crippen LogP contribution in [0.5, 0.6) is 0 Å². The summed E-state index contributed by atoms with van der Waals surface area (Å²) >= 11 is 0. The number of rotatable bonds is 2. The summed E-state index contributed by atoms with van der Waals surface area (Å²) in [6.07, 6.45) is 9.02. The number of nitrogens with one attached hydrogen (secondary N) is 2. The third kappa shape index (κ3) is 2.71. The van der Waals surface area contributed by atoms with Crippen LogP contribution in [0, 0.1) is 0 Å². The number of hydrogen-bond donors (Lipinski definition) is 2. The standard InChI is InChI=1S/C18H22N4O/c23-18(21-16-9-8-13-5-1-2-6-15(13)16)22-10-4-3-7-17(22)14-11-19-20-12-14/h1-2,5-6,11-12,16-17H,3-4,7-10H2,(H,19,20)(H,21,23)/t16-,17+/m0/s1. The Kier molecular flexibility index (Phi) is 3.77. The second-order valence-corrected chi connectivity index (χ2v) is 6.48. The van der Waals surface area contributed by atoms with Gasteiger partial charge in [0.2, 0.25) is 0 Å². The van der Waals surface area contributed by atoms with Crippen LogP contribution in [0.15, 0.2) is 36.7 Å². The van der Waals surface area contributed by atoms with E-state index >= 15 is 0 Å². The molecule has 1 aliphatic heterocycles. The van der Waals surface area contributed by atoms with Crippen LogP contribution in [0.2, 0.25) is 0 Å². The quantitative estimate of drug-likeness (QED) is 0.893. The highest BCUT2D eigenvalue weighted by Gasteiger charge is 2.31. The smallest absolute Gasteiger partial charge is 0.318 e. The van der Waals surface area contributed by atoms with E-state index in [2.05, 4.69) is 39.8 Å². The number of hydrogen-bond acceptors (Lipinski definition) is 2. The molecule has 0 radical (unpaired) electrons. The Morgan fingerprint density at radius 1 is 1.26 bits per heavy atom. The van der Waals surface area contributed by atoms with Crippen molar-refractivity contribution in [1.82, 2.24) is 20.4 Å². The third-order valence-corrected chi connectivity index (χ3v) is 5.10. The molecule has 0 unspecified atom stereocenters. The minimum absolute atomic E-state index is 0.0533. The van der Waals surface area contributed by atoms with Gasteiger partial charge < -0.3 is 10.2 Å². The number of amides is 2. The number of aromatic amines is 1. The Morgan fingerprint density at radius 3 is 3.04 bits per heavy atom. The van der Waals surface area contributed by atoms with Gasteiger partial charge in [-0.3, -0.25) is 5.10 Å². The molecule has 1 fully saturated rings. The fourth-order valence-electron chi connectivity index (χ4n) is 3.90. The maximum atomic E-state index is 12.9. The maximum absolute atomic E-state index is 12.9. The Labute approximate surface area is 136 Å². The number of fused-ring (bicyclic) bond motifs is 1. The molecule has 0 bridgehead atoms. The molecule has 23 heavy (non-hydrogen) atoms. The Bertz CT molecular complexity index is 682. The zero-order valence-electron chi connectivity index (χ0n) is 13.2. The van der Waals surface area contributed by atoms with E-state index in [0.29, 0.717) is 0 Å². The van der Waals surface area contributed by atoms with Crippen molar-refractivity contribution in [3.63, 3.8) is 0 Å². The zero-order valence-corrected chi connectivity index (χ0v) is 13.2. The highest BCUT2D eigenvalue weighted by molar-refractivity contribution is 5.75. The van der Waals surface area contributed by atoms with Gasteiger partial charge in [0.1, 0.15) is 0 Å². The summed E-state index contributed by atoms with van der Waals surface area (Å²) in [7, 11) is 0. The predicted molar refractivity (Wildman–Crippen MR) is 87.9 cm³/mol. The largest absolute Gasteiger partial charge is 0.331 e. The van der Waals surface area contributed by atoms with Crippen molar-refractivity contribution in [3.8, 4) is 0 Å². The van der Waals surface area contributed by atoms with Crippen LogP contribution in [0.4, 0.5) is 4.79 Å². The van der Waals surface area contributed by atoms with Gasteiger partial charge in [-0.1, -0.05) is 24.3 Å². The van der Waals surface area contributed by atoms with E-state index < -0.39 is 0 Å². The van der Waals surface area contributed by atoms with Crippen molar-refractivity contribution in [2.24, 2.45) is 0 Å². The highest BCUT2D eigenvalue weighted by Crippen LogP contribution is 2.33. The van der Waals surface area contributed by atoms with Crippen molar-refractivity contribution in [3.05, 3.63) is 53.3 Å². The molecular weight excluding hydrogens is 288 g/mol. The second-order valence-electron chi connectivity index (χ2n) is 6.48. The van der Waals surface area contributed by atoms with E-state index in [4.69, 9.17) is 0 Å². The van der Waals surface area contributed by atoms with Gasteiger partial charge in [-0.05, 0) is 43.2 Å². The first-order valence-corrected chi connectivity index (χ1v) is 8.46. The molecular formula is C18H22N4O. The van der Waals surface area contributed by atoms with E-state index in [1.807, 2.05) is 17.3 Å². The van der Waals surface area contributed by atoms with E-state index in [9.17, 15) is 4.79 Å². The number of aromatic nitrogens is 2. The molecule has 4 rings (SSSR count). The number of nitrogens with zero attached hydrogens (tertiary/aromatic N) is 2. The van der Waals surface area contributed by atoms with Crippen molar-refractivity contribution in [2.45, 2.75) is 44.2 Å². The van der Waals surface area contributed by atoms with Gasteiger partial charge in [0.05, 0.1) is 18.3 Å². The first kappa shape index (κ1) is 14.3. The Hall–Kier alpha value is -2.30. The average molecular weight is 310 g/mol. The van der Waals surface area contributed by atoms with Crippen LogP contribution in [0.1, 0.15) is 54.5 Å². The van der Waals surface area contributed by atoms with Crippen LogP contribution >= 0.6 is 0 Å². The average Bonchev–Trinajstić information content (AvgIpc) is 3.25. The normalized spacial score (nSPS) is 23.6. The molecule has 2 amide bonds. The molecule has 120 valence electrons. The van der Waals surface area contributed by atoms with E-state index in [1.165, 1.54) is 11.1 Å². The number of carbonyl (C=O) groups is 1. The topological polar surface area (TPSA) is 61.0 Å². The molecule has 1 aliphatic carbocycles. The van der Waals surface area contributed by atoms with Crippen LogP contribution in [-0.2, 0) is 6.42 Å². The monoisotopic (exact) mass is 310 g/mol. The zero-order chi connectivity index (χ0) is 15.6. The van der Waals surface area contributed by atoms with Crippen molar-refractivity contribution < 1.29 is 4.79 Å². The Balaban J connectivity index is 1.50. The van der Waals surface area contributed by atoms with Gasteiger partial charge in [-0.2, -0.15) is 5.10 Å². The summed E-state index contributed by atoms with van der Waals surface area (Å²) in [5.41, 5.74) is 3.74. The first-order valence-electron chi connectivity index (χ1n) is 8.46. The molecule has 0 spiro atoms. The van der Waals surface area contributed by atoms with Crippen LogP contribution < -0.4 is 5.32 Å². The lowest BCUT2D eigenvalue weighted by atomic mass is 9.98. The van der Waals surface area contributed by atoms with Gasteiger partial charge in [0.15, 0.2) is 0 Å². The second kappa shape index (κ2) is 6.07. The Morgan fingerprint density at radius 2 is 2.17 bits per heavy atom. The number of likely N-dealkylation sites (tertiary alicyclic amines) is 1. The van der Waals surface area contributed by atoms with Crippen molar-refractivity contribution in [1.29, 1.82) is 0 Å². The van der Waals surface area contributed by atoms with Gasteiger partial charge in [-0.15, -0.1) is 0 Å². The summed E-state index contributed by atoms with van der Waals surface area (Å²) in [4.78, 5) is 14.8. The minimum Gasteiger partial charge on any atom is -0.331 e. The molecule has 0 saturated carbocycles. The number of aryl methyl sites for hydroxylation is 1. The van der Waals surface area contributed by atoms with Gasteiger partial charge in [-0.25, -0.2) is 4.79 Å². The molecule has 2 aliphatic rings. The van der Waals surface area contributed by atoms with Crippen LogP contribution in [0.25, 0.3) is 0 Å². The lowest BCUT2D eigenvalue weighted by Gasteiger charge is -2.36. The van der Waals surface area contributed by atoms with Crippen LogP contribution in [0.3, 0.4) is 0 Å². The summed E-state index contributed by atoms with van der Waals surface area (Å²) in [6, 6.07) is 8.76. The molecule has 2 atom stereocenters. The highest BCUT2D eigenvalue weighted by atomic mass is 16.2. The molecule has 1 aromatic heterocycles. The predicted octanol–water partition coefficient (Wildman–Crippen LogP) is 3.33. The summed E-state index contributed by atoms with van der Waals surface area (Å²) in [5.74, 6) is 0. The lowest BCUT2D eigenvalue weighted by molar-refractivity contribution is 0.148. The minimum atomic E-state index is 0.0533.